The molecule has 82 valence electrons. The summed E-state index contributed by atoms with van der Waals surface area (Å²) in [5.41, 5.74) is 2.86. The van der Waals surface area contributed by atoms with Gasteiger partial charge in [-0.1, -0.05) is 0 Å². The topological polar surface area (TPSA) is 61.4 Å². The van der Waals surface area contributed by atoms with Gasteiger partial charge in [0.05, 0.1) is 11.5 Å². The summed E-state index contributed by atoms with van der Waals surface area (Å²) in [4.78, 5) is 0. The van der Waals surface area contributed by atoms with Gasteiger partial charge in [-0.3, -0.25) is 5.43 Å². The standard InChI is InChI=1S/C7H15N3O2S2/c1-10(2)9-7(13)8-6-3-4-14(11,12)5-6/h6H,3-5H2,1-2H3,(H2,8,9,13)/t6-/m1/s1. The molecule has 1 rings (SSSR count). The normalized spacial score (nSPS) is 24.9. The zero-order valence-electron chi connectivity index (χ0n) is 8.28. The first kappa shape index (κ1) is 11.7. The van der Waals surface area contributed by atoms with Gasteiger partial charge in [-0.05, 0) is 18.6 Å². The first-order valence-electron chi connectivity index (χ1n) is 4.34. The minimum Gasteiger partial charge on any atom is -0.358 e. The third-order valence-electron chi connectivity index (χ3n) is 1.89. The fourth-order valence-electron chi connectivity index (χ4n) is 1.33. The Balaban J connectivity index is 2.36. The highest BCUT2D eigenvalue weighted by molar-refractivity contribution is 7.91. The maximum Gasteiger partial charge on any atom is 0.181 e. The van der Waals surface area contributed by atoms with E-state index in [2.05, 4.69) is 10.7 Å². The number of sulfone groups is 1. The fourth-order valence-corrected chi connectivity index (χ4v) is 3.35. The van der Waals surface area contributed by atoms with Crippen LogP contribution >= 0.6 is 12.2 Å². The van der Waals surface area contributed by atoms with Crippen molar-refractivity contribution in [1.82, 2.24) is 15.8 Å². The van der Waals surface area contributed by atoms with Crippen LogP contribution in [0.15, 0.2) is 0 Å². The van der Waals surface area contributed by atoms with Gasteiger partial charge in [0.2, 0.25) is 0 Å². The van der Waals surface area contributed by atoms with Crippen molar-refractivity contribution in [3.63, 3.8) is 0 Å². The van der Waals surface area contributed by atoms with E-state index in [0.29, 0.717) is 11.5 Å². The molecule has 7 heteroatoms. The van der Waals surface area contributed by atoms with Crippen molar-refractivity contribution in [3.05, 3.63) is 0 Å². The monoisotopic (exact) mass is 237 g/mol. The van der Waals surface area contributed by atoms with Gasteiger partial charge in [0.15, 0.2) is 14.9 Å². The first-order chi connectivity index (χ1) is 6.39. The van der Waals surface area contributed by atoms with Gasteiger partial charge < -0.3 is 5.32 Å². The summed E-state index contributed by atoms with van der Waals surface area (Å²) >= 11 is 4.98. The Morgan fingerprint density at radius 1 is 1.50 bits per heavy atom. The van der Waals surface area contributed by atoms with Gasteiger partial charge in [0, 0.05) is 20.1 Å². The first-order valence-corrected chi connectivity index (χ1v) is 6.57. The van der Waals surface area contributed by atoms with Crippen LogP contribution in [0.2, 0.25) is 0 Å². The fraction of sp³-hybridized carbons (Fsp3) is 0.857. The molecule has 2 N–H and O–H groups in total. The molecule has 1 aliphatic heterocycles. The van der Waals surface area contributed by atoms with Crippen molar-refractivity contribution < 1.29 is 8.42 Å². The van der Waals surface area contributed by atoms with E-state index in [0.717, 1.165) is 0 Å². The maximum absolute atomic E-state index is 11.1. The molecule has 0 saturated carbocycles. The molecule has 0 bridgehead atoms. The smallest absolute Gasteiger partial charge is 0.181 e. The molecule has 1 aliphatic rings. The lowest BCUT2D eigenvalue weighted by Crippen LogP contribution is -2.47. The van der Waals surface area contributed by atoms with Gasteiger partial charge in [0.1, 0.15) is 0 Å². The molecule has 0 spiro atoms. The molecule has 0 aliphatic carbocycles. The number of hydrogen-bond donors (Lipinski definition) is 2. The molecule has 0 aromatic rings. The van der Waals surface area contributed by atoms with Crippen LogP contribution in [0.1, 0.15) is 6.42 Å². The van der Waals surface area contributed by atoms with Gasteiger partial charge in [0.25, 0.3) is 0 Å². The summed E-state index contributed by atoms with van der Waals surface area (Å²) in [5.74, 6) is 0.442. The average molecular weight is 237 g/mol. The predicted octanol–water partition coefficient (Wildman–Crippen LogP) is -0.886. The maximum atomic E-state index is 11.1. The van der Waals surface area contributed by atoms with E-state index in [1.165, 1.54) is 0 Å². The lowest BCUT2D eigenvalue weighted by atomic mass is 10.3. The van der Waals surface area contributed by atoms with Crippen LogP contribution in [0.25, 0.3) is 0 Å². The zero-order valence-corrected chi connectivity index (χ0v) is 9.91. The minimum absolute atomic E-state index is 0.0417. The summed E-state index contributed by atoms with van der Waals surface area (Å²) in [5, 5.41) is 5.14. The Kier molecular flexibility index (Phi) is 3.68. The van der Waals surface area contributed by atoms with E-state index in [-0.39, 0.29) is 17.5 Å². The van der Waals surface area contributed by atoms with Gasteiger partial charge in [-0.25, -0.2) is 13.4 Å². The molecule has 0 unspecified atom stereocenters. The van der Waals surface area contributed by atoms with Crippen LogP contribution in [0.3, 0.4) is 0 Å². The molecule has 5 nitrogen and oxygen atoms in total. The molecule has 1 saturated heterocycles. The summed E-state index contributed by atoms with van der Waals surface area (Å²) in [7, 11) is 0.805. The number of thiocarbonyl (C=S) groups is 1. The molecule has 0 radical (unpaired) electrons. The highest BCUT2D eigenvalue weighted by Gasteiger charge is 2.28. The van der Waals surface area contributed by atoms with E-state index in [1.54, 1.807) is 5.01 Å². The van der Waals surface area contributed by atoms with E-state index in [4.69, 9.17) is 12.2 Å². The van der Waals surface area contributed by atoms with Crippen molar-refractivity contribution in [1.29, 1.82) is 0 Å². The van der Waals surface area contributed by atoms with Crippen molar-refractivity contribution in [2.24, 2.45) is 0 Å². The van der Waals surface area contributed by atoms with Crippen LogP contribution < -0.4 is 10.7 Å². The molecule has 14 heavy (non-hydrogen) atoms. The van der Waals surface area contributed by atoms with Crippen LogP contribution in [0.4, 0.5) is 0 Å². The number of hydrazine groups is 1. The van der Waals surface area contributed by atoms with Gasteiger partial charge in [-0.2, -0.15) is 0 Å². The Labute approximate surface area is 89.7 Å². The Morgan fingerprint density at radius 2 is 2.14 bits per heavy atom. The molecular formula is C7H15N3O2S2. The second kappa shape index (κ2) is 4.41. The van der Waals surface area contributed by atoms with Crippen LogP contribution in [-0.2, 0) is 9.84 Å². The molecule has 0 aromatic heterocycles. The zero-order chi connectivity index (χ0) is 10.8. The van der Waals surface area contributed by atoms with Crippen molar-refractivity contribution >= 4 is 27.2 Å². The van der Waals surface area contributed by atoms with Crippen molar-refractivity contribution in [2.45, 2.75) is 12.5 Å². The van der Waals surface area contributed by atoms with Crippen molar-refractivity contribution in [2.75, 3.05) is 25.6 Å². The van der Waals surface area contributed by atoms with Gasteiger partial charge in [-0.15, -0.1) is 0 Å². The van der Waals surface area contributed by atoms with Crippen LogP contribution in [-0.4, -0.2) is 50.2 Å². The average Bonchev–Trinajstić information content (AvgIpc) is 2.27. The molecule has 1 fully saturated rings. The third-order valence-corrected chi connectivity index (χ3v) is 3.87. The van der Waals surface area contributed by atoms with E-state index >= 15 is 0 Å². The minimum atomic E-state index is -2.83. The van der Waals surface area contributed by atoms with E-state index in [1.807, 2.05) is 14.1 Å². The summed E-state index contributed by atoms with van der Waals surface area (Å²) in [6, 6.07) is -0.0417. The van der Waals surface area contributed by atoms with Crippen LogP contribution in [0, 0.1) is 0 Å². The summed E-state index contributed by atoms with van der Waals surface area (Å²) in [6.45, 7) is 0. The second-order valence-corrected chi connectivity index (χ2v) is 6.22. The SMILES string of the molecule is CN(C)NC(=S)N[C@@H]1CCS(=O)(=O)C1. The third kappa shape index (κ3) is 3.77. The Hall–Kier alpha value is -0.400. The largest absolute Gasteiger partial charge is 0.358 e. The Morgan fingerprint density at radius 3 is 2.57 bits per heavy atom. The summed E-state index contributed by atoms with van der Waals surface area (Å²) in [6.07, 6.45) is 0.636. The quantitative estimate of drug-likeness (QED) is 0.480. The Bertz CT molecular complexity index is 313. The second-order valence-electron chi connectivity index (χ2n) is 3.58. The molecule has 0 amide bonds. The summed E-state index contributed by atoms with van der Waals surface area (Å²) < 4.78 is 22.3. The molecular weight excluding hydrogens is 222 g/mol. The van der Waals surface area contributed by atoms with E-state index < -0.39 is 9.84 Å². The van der Waals surface area contributed by atoms with Crippen LogP contribution in [0.5, 0.6) is 0 Å². The number of hydrogen-bond acceptors (Lipinski definition) is 4. The van der Waals surface area contributed by atoms with Gasteiger partial charge >= 0.3 is 0 Å². The lowest BCUT2D eigenvalue weighted by Gasteiger charge is -2.18. The lowest BCUT2D eigenvalue weighted by molar-refractivity contribution is 0.357. The molecule has 1 heterocycles. The number of nitrogens with zero attached hydrogens (tertiary/aromatic N) is 1. The highest BCUT2D eigenvalue weighted by atomic mass is 32.2. The van der Waals surface area contributed by atoms with Crippen molar-refractivity contribution in [3.8, 4) is 0 Å². The number of nitrogens with one attached hydrogen (secondary N) is 2. The number of rotatable bonds is 2. The van der Waals surface area contributed by atoms with E-state index in [9.17, 15) is 8.42 Å². The molecule has 1 atom stereocenters. The highest BCUT2D eigenvalue weighted by Crippen LogP contribution is 2.10. The predicted molar refractivity (Wildman–Crippen MR) is 59.6 cm³/mol. The molecule has 0 aromatic carbocycles.